The Labute approximate surface area is 355 Å². The van der Waals surface area contributed by atoms with Crippen molar-refractivity contribution in [3.05, 3.63) is 71.8 Å². The third-order valence-corrected chi connectivity index (χ3v) is 12.0. The first-order valence-electron chi connectivity index (χ1n) is 21.1. The zero-order valence-corrected chi connectivity index (χ0v) is 37.7. The maximum atomic E-state index is 14.2. The molecule has 0 aliphatic rings. The van der Waals surface area contributed by atoms with Gasteiger partial charge in [-0.1, -0.05) is 130 Å². The summed E-state index contributed by atoms with van der Waals surface area (Å²) in [6.07, 6.45) is 6.01. The van der Waals surface area contributed by atoms with Crippen LogP contribution >= 0.6 is 11.6 Å². The van der Waals surface area contributed by atoms with E-state index in [1.165, 1.54) is 11.1 Å². The number of carbonyl (C=O) groups is 4. The van der Waals surface area contributed by atoms with Crippen LogP contribution in [0.25, 0.3) is 11.0 Å². The molecule has 0 saturated carbocycles. The van der Waals surface area contributed by atoms with Crippen molar-refractivity contribution in [3.63, 3.8) is 0 Å². The molecular formula is C47H65ClN6O5. The highest BCUT2D eigenvalue weighted by atomic mass is 35.5. The van der Waals surface area contributed by atoms with Gasteiger partial charge in [0, 0.05) is 40.9 Å². The summed E-state index contributed by atoms with van der Waals surface area (Å²) >= 11 is 7.11. The molecule has 0 saturated heterocycles. The number of hydrogen-bond acceptors (Lipinski definition) is 7. The molecule has 3 amide bonds. The van der Waals surface area contributed by atoms with Crippen molar-refractivity contribution in [1.82, 2.24) is 15.0 Å². The van der Waals surface area contributed by atoms with Gasteiger partial charge in [-0.15, -0.1) is 5.10 Å². The summed E-state index contributed by atoms with van der Waals surface area (Å²) in [7, 11) is 0. The number of nitrogens with one attached hydrogen (secondary N) is 3. The maximum absolute atomic E-state index is 14.2. The minimum atomic E-state index is -2.33. The van der Waals surface area contributed by atoms with Crippen LogP contribution in [0.2, 0.25) is 0 Å². The van der Waals surface area contributed by atoms with Crippen LogP contribution in [-0.4, -0.2) is 45.1 Å². The number of nitrogens with zero attached hydrogens (tertiary/aromatic N) is 3. The quantitative estimate of drug-likeness (QED) is 0.0457. The van der Waals surface area contributed by atoms with Crippen LogP contribution in [0.1, 0.15) is 139 Å². The second-order valence-electron chi connectivity index (χ2n) is 17.9. The monoisotopic (exact) mass is 828 g/mol. The molecule has 12 heteroatoms. The van der Waals surface area contributed by atoms with E-state index in [2.05, 4.69) is 99.9 Å². The highest BCUT2D eigenvalue weighted by Gasteiger charge is 2.52. The molecule has 0 bridgehead atoms. The normalized spacial score (nSPS) is 13.7. The van der Waals surface area contributed by atoms with E-state index in [-0.39, 0.29) is 29.1 Å². The largest absolute Gasteiger partial charge is 0.493 e. The Morgan fingerprint density at radius 1 is 0.780 bits per heavy atom. The highest BCUT2D eigenvalue weighted by molar-refractivity contribution is 6.46. The molecule has 0 radical (unpaired) electrons. The first kappa shape index (κ1) is 46.9. The SMILES string of the molecule is CCCC(CC)CC(=O)Nc1ccc2c(c1)nnn2C(Cl)(C(=O)Nc1cccc(NC(=O)CCCOc2ccc(C(C)(C)CC)cc2C(C)(C)CC)c1)C(=O)C(C)(C)C. The molecule has 2 atom stereocenters. The summed E-state index contributed by atoms with van der Waals surface area (Å²) < 4.78 is 7.39. The van der Waals surface area contributed by atoms with Gasteiger partial charge in [0.2, 0.25) is 11.8 Å². The number of benzene rings is 3. The number of hydrogen-bond donors (Lipinski definition) is 3. The number of aromatic nitrogens is 3. The van der Waals surface area contributed by atoms with Crippen molar-refractivity contribution in [1.29, 1.82) is 0 Å². The number of halogens is 1. The number of anilines is 3. The van der Waals surface area contributed by atoms with Crippen LogP contribution in [0.5, 0.6) is 5.75 Å². The zero-order valence-electron chi connectivity index (χ0n) is 37.0. The lowest BCUT2D eigenvalue weighted by Crippen LogP contribution is -2.52. The van der Waals surface area contributed by atoms with E-state index in [0.29, 0.717) is 53.5 Å². The van der Waals surface area contributed by atoms with E-state index >= 15 is 0 Å². The first-order valence-corrected chi connectivity index (χ1v) is 21.5. The number of carbonyl (C=O) groups excluding carboxylic acids is 4. The lowest BCUT2D eigenvalue weighted by Gasteiger charge is -2.31. The van der Waals surface area contributed by atoms with E-state index in [1.54, 1.807) is 63.2 Å². The van der Waals surface area contributed by atoms with E-state index in [4.69, 9.17) is 16.3 Å². The van der Waals surface area contributed by atoms with Crippen LogP contribution in [-0.2, 0) is 35.0 Å². The fourth-order valence-electron chi connectivity index (χ4n) is 6.88. The van der Waals surface area contributed by atoms with E-state index < -0.39 is 22.1 Å². The molecule has 0 fully saturated rings. The lowest BCUT2D eigenvalue weighted by atomic mass is 9.76. The number of rotatable bonds is 20. The molecule has 1 aromatic heterocycles. The van der Waals surface area contributed by atoms with Crippen molar-refractivity contribution in [2.75, 3.05) is 22.6 Å². The van der Waals surface area contributed by atoms with Crippen LogP contribution in [0.15, 0.2) is 60.7 Å². The summed E-state index contributed by atoms with van der Waals surface area (Å²) in [6, 6.07) is 18.1. The van der Waals surface area contributed by atoms with Gasteiger partial charge in [0.15, 0.2) is 5.78 Å². The zero-order chi connectivity index (χ0) is 43.8. The van der Waals surface area contributed by atoms with Crippen molar-refractivity contribution in [3.8, 4) is 5.75 Å². The van der Waals surface area contributed by atoms with E-state index in [9.17, 15) is 19.2 Å². The molecule has 3 N–H and O–H groups in total. The molecule has 320 valence electrons. The van der Waals surface area contributed by atoms with Crippen molar-refractivity contribution in [2.24, 2.45) is 11.3 Å². The number of fused-ring (bicyclic) bond motifs is 1. The summed E-state index contributed by atoms with van der Waals surface area (Å²) in [5.74, 6) is -0.624. The third kappa shape index (κ3) is 11.5. The average Bonchev–Trinajstić information content (AvgIpc) is 3.62. The fourth-order valence-corrected chi connectivity index (χ4v) is 7.34. The number of ether oxygens (including phenoxy) is 1. The van der Waals surface area contributed by atoms with Gasteiger partial charge in [0.05, 0.1) is 12.1 Å². The molecule has 2 unspecified atom stereocenters. The molecule has 4 aromatic rings. The van der Waals surface area contributed by atoms with Gasteiger partial charge in [-0.25, -0.2) is 4.68 Å². The van der Waals surface area contributed by atoms with E-state index in [0.717, 1.165) is 42.5 Å². The molecule has 3 aromatic carbocycles. The Morgan fingerprint density at radius 2 is 1.42 bits per heavy atom. The van der Waals surface area contributed by atoms with Gasteiger partial charge in [-0.3, -0.25) is 19.2 Å². The second kappa shape index (κ2) is 19.5. The van der Waals surface area contributed by atoms with Crippen molar-refractivity contribution in [2.45, 2.75) is 143 Å². The molecule has 0 spiro atoms. The van der Waals surface area contributed by atoms with Gasteiger partial charge in [0.1, 0.15) is 11.3 Å². The van der Waals surface area contributed by atoms with Crippen molar-refractivity contribution < 1.29 is 23.9 Å². The van der Waals surface area contributed by atoms with Gasteiger partial charge >= 0.3 is 0 Å². The Bertz CT molecular complexity index is 2120. The van der Waals surface area contributed by atoms with Crippen LogP contribution in [0.4, 0.5) is 17.1 Å². The maximum Gasteiger partial charge on any atom is 0.275 e. The van der Waals surface area contributed by atoms with Crippen LogP contribution in [0, 0.1) is 11.3 Å². The first-order chi connectivity index (χ1) is 27.7. The smallest absolute Gasteiger partial charge is 0.275 e. The molecule has 59 heavy (non-hydrogen) atoms. The Hall–Kier alpha value is -4.77. The van der Waals surface area contributed by atoms with Crippen LogP contribution < -0.4 is 20.7 Å². The minimum absolute atomic E-state index is 0.0529. The molecular weight excluding hydrogens is 764 g/mol. The summed E-state index contributed by atoms with van der Waals surface area (Å²) in [5, 5.41) is 17.0. The number of alkyl halides is 1. The highest BCUT2D eigenvalue weighted by Crippen LogP contribution is 2.39. The molecule has 1 heterocycles. The number of Topliss-reactive ketones (excluding diaryl/α,β-unsaturated/α-hetero) is 1. The standard InChI is InChI=1S/C47H65ClN6O5/c1-12-18-31(13-2)27-41(56)50-35-23-24-38-37(30-35)52-53-54(38)47(48,42(57)44(5,6)7)43(58)51-34-20-16-19-33(29-34)49-40(55)21-17-26-59-39-25-22-32(45(8,9)14-3)28-36(39)46(10,11)15-4/h16,19-20,22-25,28-31H,12-15,17-18,21,26-27H2,1-11H3,(H,49,55)(H,50,56)(H,51,58). The molecule has 0 aliphatic carbocycles. The van der Waals surface area contributed by atoms with Gasteiger partial charge in [0.25, 0.3) is 10.9 Å². The molecule has 11 nitrogen and oxygen atoms in total. The molecule has 0 aliphatic heterocycles. The third-order valence-electron chi connectivity index (χ3n) is 11.5. The van der Waals surface area contributed by atoms with Crippen LogP contribution in [0.3, 0.4) is 0 Å². The lowest BCUT2D eigenvalue weighted by molar-refractivity contribution is -0.138. The Balaban J connectivity index is 1.45. The predicted molar refractivity (Wildman–Crippen MR) is 239 cm³/mol. The van der Waals surface area contributed by atoms with Gasteiger partial charge in [-0.05, 0) is 84.0 Å². The fraction of sp³-hybridized carbons (Fsp3) is 0.532. The van der Waals surface area contributed by atoms with Crippen molar-refractivity contribution >= 4 is 63.2 Å². The van der Waals surface area contributed by atoms with Gasteiger partial charge in [-0.2, -0.15) is 0 Å². The predicted octanol–water partition coefficient (Wildman–Crippen LogP) is 10.9. The summed E-state index contributed by atoms with van der Waals surface area (Å²) in [5.41, 5.74) is 3.34. The number of ketones is 1. The summed E-state index contributed by atoms with van der Waals surface area (Å²) in [6.45, 7) is 22.9. The average molecular weight is 830 g/mol. The minimum Gasteiger partial charge on any atom is -0.493 e. The Kier molecular flexibility index (Phi) is 15.5. The topological polar surface area (TPSA) is 144 Å². The Morgan fingerprint density at radius 3 is 2.05 bits per heavy atom. The van der Waals surface area contributed by atoms with E-state index in [1.807, 2.05) is 0 Å². The summed E-state index contributed by atoms with van der Waals surface area (Å²) in [4.78, 5) is 51.7. The van der Waals surface area contributed by atoms with Gasteiger partial charge < -0.3 is 20.7 Å². The molecule has 4 rings (SSSR count). The number of amides is 3. The second-order valence-corrected chi connectivity index (χ2v) is 18.5.